The predicted molar refractivity (Wildman–Crippen MR) is 111 cm³/mol. The molecule has 28 heavy (non-hydrogen) atoms. The zero-order valence-electron chi connectivity index (χ0n) is 15.0. The van der Waals surface area contributed by atoms with E-state index in [4.69, 9.17) is 16.3 Å². The maximum atomic E-state index is 13.1. The fraction of sp³-hybridized carbons (Fsp3) is 0.182. The van der Waals surface area contributed by atoms with Gasteiger partial charge in [0.05, 0.1) is 5.56 Å². The van der Waals surface area contributed by atoms with Gasteiger partial charge in [-0.25, -0.2) is 4.79 Å². The molecule has 2 aromatic carbocycles. The van der Waals surface area contributed by atoms with Gasteiger partial charge in [-0.05, 0) is 54.7 Å². The van der Waals surface area contributed by atoms with Crippen LogP contribution in [-0.4, -0.2) is 11.9 Å². The number of rotatable bonds is 5. The molecule has 1 N–H and O–H groups in total. The molecule has 0 unspecified atom stereocenters. The second-order valence-corrected chi connectivity index (χ2v) is 8.13. The Hall–Kier alpha value is -2.63. The van der Waals surface area contributed by atoms with Crippen LogP contribution < -0.4 is 5.32 Å². The summed E-state index contributed by atoms with van der Waals surface area (Å²) >= 11 is 7.40. The van der Waals surface area contributed by atoms with Crippen molar-refractivity contribution < 1.29 is 14.3 Å². The maximum Gasteiger partial charge on any atom is 0.412 e. The van der Waals surface area contributed by atoms with E-state index in [0.29, 0.717) is 21.2 Å². The van der Waals surface area contributed by atoms with Crippen molar-refractivity contribution in [2.75, 3.05) is 5.32 Å². The topological polar surface area (TPSA) is 55.4 Å². The van der Waals surface area contributed by atoms with E-state index < -0.39 is 6.09 Å². The van der Waals surface area contributed by atoms with Crippen LogP contribution in [0, 0.1) is 0 Å². The quantitative estimate of drug-likeness (QED) is 0.534. The van der Waals surface area contributed by atoms with Crippen molar-refractivity contribution in [2.24, 2.45) is 0 Å². The van der Waals surface area contributed by atoms with E-state index in [2.05, 4.69) is 5.32 Å². The molecular formula is C22H18ClNO3S. The highest BCUT2D eigenvalue weighted by atomic mass is 35.5. The van der Waals surface area contributed by atoms with Gasteiger partial charge in [0.1, 0.15) is 11.6 Å². The van der Waals surface area contributed by atoms with Gasteiger partial charge in [-0.2, -0.15) is 0 Å². The Morgan fingerprint density at radius 2 is 1.79 bits per heavy atom. The molecule has 1 aliphatic carbocycles. The average molecular weight is 412 g/mol. The number of ketones is 1. The van der Waals surface area contributed by atoms with Gasteiger partial charge >= 0.3 is 6.09 Å². The zero-order valence-corrected chi connectivity index (χ0v) is 16.6. The summed E-state index contributed by atoms with van der Waals surface area (Å²) in [5.41, 5.74) is 3.08. The number of ether oxygens (including phenoxy) is 1. The van der Waals surface area contributed by atoms with E-state index in [1.807, 2.05) is 30.3 Å². The molecule has 0 radical (unpaired) electrons. The summed E-state index contributed by atoms with van der Waals surface area (Å²) in [6, 6.07) is 16.3. The number of hydrogen-bond acceptors (Lipinski definition) is 4. The first kappa shape index (κ1) is 18.7. The summed E-state index contributed by atoms with van der Waals surface area (Å²) in [7, 11) is 0. The predicted octanol–water partition coefficient (Wildman–Crippen LogP) is 5.87. The molecule has 142 valence electrons. The van der Waals surface area contributed by atoms with Crippen LogP contribution >= 0.6 is 22.9 Å². The van der Waals surface area contributed by atoms with Crippen LogP contribution in [0.15, 0.2) is 54.6 Å². The number of nitrogens with one attached hydrogen (secondary N) is 1. The van der Waals surface area contributed by atoms with Crippen LogP contribution in [-0.2, 0) is 24.2 Å². The normalized spacial score (nSPS) is 12.5. The molecule has 1 amide bonds. The molecular weight excluding hydrogens is 394 g/mol. The second-order valence-electron chi connectivity index (χ2n) is 6.58. The third-order valence-corrected chi connectivity index (χ3v) is 6.14. The third kappa shape index (κ3) is 3.96. The molecule has 1 aromatic heterocycles. The summed E-state index contributed by atoms with van der Waals surface area (Å²) in [6.07, 6.45) is 2.25. The van der Waals surface area contributed by atoms with Gasteiger partial charge in [0.25, 0.3) is 0 Å². The van der Waals surface area contributed by atoms with E-state index in [9.17, 15) is 9.59 Å². The first-order chi connectivity index (χ1) is 13.6. The largest absolute Gasteiger partial charge is 0.444 e. The van der Waals surface area contributed by atoms with Crippen molar-refractivity contribution in [3.63, 3.8) is 0 Å². The fourth-order valence-electron chi connectivity index (χ4n) is 3.33. The fourth-order valence-corrected chi connectivity index (χ4v) is 4.73. The standard InChI is InChI=1S/C22H18ClNO3S/c23-16-11-9-15(10-12-16)20(25)19-17-7-4-8-18(17)28-21(19)24-22(26)27-13-14-5-2-1-3-6-14/h1-3,5-6,9-12H,4,7-8,13H2,(H,24,26). The van der Waals surface area contributed by atoms with Gasteiger partial charge in [-0.15, -0.1) is 11.3 Å². The molecule has 0 aliphatic heterocycles. The van der Waals surface area contributed by atoms with Gasteiger partial charge in [0.15, 0.2) is 5.78 Å². The smallest absolute Gasteiger partial charge is 0.412 e. The summed E-state index contributed by atoms with van der Waals surface area (Å²) < 4.78 is 5.32. The van der Waals surface area contributed by atoms with Crippen LogP contribution in [0.3, 0.4) is 0 Å². The molecule has 0 fully saturated rings. The lowest BCUT2D eigenvalue weighted by atomic mass is 10.0. The molecule has 0 atom stereocenters. The lowest BCUT2D eigenvalue weighted by Gasteiger charge is -2.09. The van der Waals surface area contributed by atoms with Gasteiger partial charge in [-0.1, -0.05) is 41.9 Å². The Morgan fingerprint density at radius 3 is 2.54 bits per heavy atom. The summed E-state index contributed by atoms with van der Waals surface area (Å²) in [5, 5.41) is 3.92. The minimum absolute atomic E-state index is 0.102. The Bertz CT molecular complexity index is 1010. The van der Waals surface area contributed by atoms with Gasteiger partial charge in [0, 0.05) is 15.5 Å². The SMILES string of the molecule is O=C(Nc1sc2c(c1C(=O)c1ccc(Cl)cc1)CCC2)OCc1ccccc1. The number of hydrogen-bond donors (Lipinski definition) is 1. The van der Waals surface area contributed by atoms with E-state index in [1.54, 1.807) is 24.3 Å². The maximum absolute atomic E-state index is 13.1. The lowest BCUT2D eigenvalue weighted by Crippen LogP contribution is -2.15. The van der Waals surface area contributed by atoms with Crippen LogP contribution in [0.25, 0.3) is 0 Å². The number of carbonyl (C=O) groups excluding carboxylic acids is 2. The van der Waals surface area contributed by atoms with Crippen LogP contribution in [0.2, 0.25) is 5.02 Å². The highest BCUT2D eigenvalue weighted by molar-refractivity contribution is 7.17. The minimum atomic E-state index is -0.561. The molecule has 0 saturated heterocycles. The van der Waals surface area contributed by atoms with Crippen molar-refractivity contribution in [1.82, 2.24) is 0 Å². The molecule has 3 aromatic rings. The number of anilines is 1. The van der Waals surface area contributed by atoms with Crippen molar-refractivity contribution in [2.45, 2.75) is 25.9 Å². The first-order valence-electron chi connectivity index (χ1n) is 9.04. The third-order valence-electron chi connectivity index (χ3n) is 4.68. The molecule has 1 aliphatic rings. The van der Waals surface area contributed by atoms with Gasteiger partial charge in [0.2, 0.25) is 0 Å². The van der Waals surface area contributed by atoms with Gasteiger partial charge in [-0.3, -0.25) is 10.1 Å². The number of amides is 1. The molecule has 1 heterocycles. The molecule has 0 bridgehead atoms. The number of aryl methyl sites for hydroxylation is 1. The highest BCUT2D eigenvalue weighted by Gasteiger charge is 2.28. The van der Waals surface area contributed by atoms with E-state index >= 15 is 0 Å². The van der Waals surface area contributed by atoms with Crippen LogP contribution in [0.5, 0.6) is 0 Å². The van der Waals surface area contributed by atoms with E-state index in [1.165, 1.54) is 11.3 Å². The minimum Gasteiger partial charge on any atom is -0.444 e. The lowest BCUT2D eigenvalue weighted by molar-refractivity contribution is 0.103. The monoisotopic (exact) mass is 411 g/mol. The van der Waals surface area contributed by atoms with Crippen LogP contribution in [0.1, 0.15) is 38.3 Å². The summed E-state index contributed by atoms with van der Waals surface area (Å²) in [5.74, 6) is -0.102. The van der Waals surface area contributed by atoms with Crippen molar-refractivity contribution in [3.8, 4) is 0 Å². The molecule has 4 nitrogen and oxygen atoms in total. The Labute approximate surface area is 172 Å². The van der Waals surface area contributed by atoms with E-state index in [0.717, 1.165) is 35.3 Å². The second kappa shape index (κ2) is 8.17. The highest BCUT2D eigenvalue weighted by Crippen LogP contribution is 2.40. The van der Waals surface area contributed by atoms with Crippen molar-refractivity contribution in [3.05, 3.63) is 86.8 Å². The molecule has 0 saturated carbocycles. The molecule has 4 rings (SSSR count). The van der Waals surface area contributed by atoms with Crippen molar-refractivity contribution >= 4 is 39.8 Å². The van der Waals surface area contributed by atoms with E-state index in [-0.39, 0.29) is 12.4 Å². The number of fused-ring (bicyclic) bond motifs is 1. The molecule has 6 heteroatoms. The Morgan fingerprint density at radius 1 is 1.04 bits per heavy atom. The summed E-state index contributed by atoms with van der Waals surface area (Å²) in [4.78, 5) is 26.6. The number of benzene rings is 2. The average Bonchev–Trinajstić information content (AvgIpc) is 3.28. The summed E-state index contributed by atoms with van der Waals surface area (Å²) in [6.45, 7) is 0.179. The first-order valence-corrected chi connectivity index (χ1v) is 10.2. The molecule has 0 spiro atoms. The van der Waals surface area contributed by atoms with Gasteiger partial charge < -0.3 is 4.74 Å². The number of halogens is 1. The van der Waals surface area contributed by atoms with Crippen LogP contribution in [0.4, 0.5) is 9.80 Å². The number of thiophene rings is 1. The number of carbonyl (C=O) groups is 2. The zero-order chi connectivity index (χ0) is 19.5. The van der Waals surface area contributed by atoms with Crippen molar-refractivity contribution in [1.29, 1.82) is 0 Å². The Balaban J connectivity index is 1.55. The Kier molecular flexibility index (Phi) is 5.46.